The van der Waals surface area contributed by atoms with Crippen molar-refractivity contribution in [2.45, 2.75) is 38.8 Å². The van der Waals surface area contributed by atoms with Gasteiger partial charge in [0.1, 0.15) is 0 Å². The molecule has 1 saturated heterocycles. The van der Waals surface area contributed by atoms with E-state index in [4.69, 9.17) is 0 Å². The summed E-state index contributed by atoms with van der Waals surface area (Å²) in [5.74, 6) is -0.639. The number of hydrogen-bond acceptors (Lipinski definition) is 5. The highest BCUT2D eigenvalue weighted by atomic mass is 16.6. The van der Waals surface area contributed by atoms with Crippen molar-refractivity contribution in [3.63, 3.8) is 0 Å². The SMILES string of the molecule is CC(C)(C)N[C@H]1CC(=O)N(c2ccc([N+](=O)[O-])cc2)C1=O. The summed E-state index contributed by atoms with van der Waals surface area (Å²) in [5.41, 5.74) is -0.0115. The number of non-ortho nitro benzene ring substituents is 1. The zero-order chi connectivity index (χ0) is 15.8. The van der Waals surface area contributed by atoms with Crippen LogP contribution in [0.3, 0.4) is 0 Å². The third-order valence-corrected chi connectivity index (χ3v) is 3.07. The van der Waals surface area contributed by atoms with Gasteiger partial charge in [-0.25, -0.2) is 4.90 Å². The first-order chi connectivity index (χ1) is 9.69. The monoisotopic (exact) mass is 291 g/mol. The maximum absolute atomic E-state index is 12.3. The Morgan fingerprint density at radius 3 is 2.29 bits per heavy atom. The fourth-order valence-electron chi connectivity index (χ4n) is 2.26. The zero-order valence-electron chi connectivity index (χ0n) is 12.1. The van der Waals surface area contributed by atoms with E-state index in [-0.39, 0.29) is 29.5 Å². The van der Waals surface area contributed by atoms with Crippen molar-refractivity contribution in [3.8, 4) is 0 Å². The molecule has 1 aliphatic heterocycles. The molecule has 1 aromatic carbocycles. The second kappa shape index (κ2) is 5.25. The minimum Gasteiger partial charge on any atom is -0.301 e. The molecule has 7 heteroatoms. The molecule has 0 aliphatic carbocycles. The third kappa shape index (κ3) is 3.25. The van der Waals surface area contributed by atoms with Crippen molar-refractivity contribution in [1.82, 2.24) is 5.32 Å². The highest BCUT2D eigenvalue weighted by Gasteiger charge is 2.40. The van der Waals surface area contributed by atoms with Gasteiger partial charge in [0, 0.05) is 17.7 Å². The largest absolute Gasteiger partial charge is 0.301 e. The van der Waals surface area contributed by atoms with Gasteiger partial charge in [-0.3, -0.25) is 19.7 Å². The highest BCUT2D eigenvalue weighted by molar-refractivity contribution is 6.22. The number of amides is 2. The van der Waals surface area contributed by atoms with Gasteiger partial charge >= 0.3 is 0 Å². The fraction of sp³-hybridized carbons (Fsp3) is 0.429. The molecule has 1 fully saturated rings. The number of carbonyl (C=O) groups is 2. The van der Waals surface area contributed by atoms with Crippen molar-refractivity contribution in [3.05, 3.63) is 34.4 Å². The molecule has 0 unspecified atom stereocenters. The van der Waals surface area contributed by atoms with Crippen molar-refractivity contribution in [2.24, 2.45) is 0 Å². The summed E-state index contributed by atoms with van der Waals surface area (Å²) in [7, 11) is 0. The van der Waals surface area contributed by atoms with Crippen LogP contribution in [0.2, 0.25) is 0 Å². The summed E-state index contributed by atoms with van der Waals surface area (Å²) >= 11 is 0. The molecule has 1 aliphatic rings. The number of hydrogen-bond donors (Lipinski definition) is 1. The Bertz CT molecular complexity index is 589. The molecule has 0 saturated carbocycles. The van der Waals surface area contributed by atoms with Crippen LogP contribution in [0.1, 0.15) is 27.2 Å². The van der Waals surface area contributed by atoms with Crippen molar-refractivity contribution in [1.29, 1.82) is 0 Å². The Kier molecular flexibility index (Phi) is 3.78. The number of nitrogens with one attached hydrogen (secondary N) is 1. The molecule has 7 nitrogen and oxygen atoms in total. The summed E-state index contributed by atoms with van der Waals surface area (Å²) in [6.07, 6.45) is 0.0904. The minimum atomic E-state index is -0.562. The Labute approximate surface area is 122 Å². The van der Waals surface area contributed by atoms with E-state index < -0.39 is 11.0 Å². The van der Waals surface area contributed by atoms with E-state index in [2.05, 4.69) is 5.32 Å². The quantitative estimate of drug-likeness (QED) is 0.519. The maximum Gasteiger partial charge on any atom is 0.269 e. The summed E-state index contributed by atoms with van der Waals surface area (Å²) in [6.45, 7) is 5.75. The molecule has 1 atom stereocenters. The summed E-state index contributed by atoms with van der Waals surface area (Å²) in [4.78, 5) is 35.5. The highest BCUT2D eigenvalue weighted by Crippen LogP contribution is 2.25. The number of anilines is 1. The Balaban J connectivity index is 2.22. The lowest BCUT2D eigenvalue weighted by Crippen LogP contribution is -2.47. The lowest BCUT2D eigenvalue weighted by atomic mass is 10.1. The number of imide groups is 1. The van der Waals surface area contributed by atoms with Gasteiger partial charge in [-0.1, -0.05) is 0 Å². The van der Waals surface area contributed by atoms with Gasteiger partial charge in [0.2, 0.25) is 5.91 Å². The molecule has 0 radical (unpaired) electrons. The molecule has 2 rings (SSSR count). The molecular weight excluding hydrogens is 274 g/mol. The predicted octanol–water partition coefficient (Wildman–Crippen LogP) is 1.61. The summed E-state index contributed by atoms with van der Waals surface area (Å²) in [6, 6.07) is 4.81. The topological polar surface area (TPSA) is 92.6 Å². The molecule has 1 heterocycles. The van der Waals surface area contributed by atoms with Gasteiger partial charge in [0.25, 0.3) is 11.6 Å². The van der Waals surface area contributed by atoms with Gasteiger partial charge < -0.3 is 5.32 Å². The van der Waals surface area contributed by atoms with Crippen LogP contribution in [0.15, 0.2) is 24.3 Å². The molecule has 21 heavy (non-hydrogen) atoms. The number of benzene rings is 1. The van der Waals surface area contributed by atoms with Gasteiger partial charge in [0.15, 0.2) is 0 Å². The molecule has 0 spiro atoms. The van der Waals surface area contributed by atoms with E-state index in [1.807, 2.05) is 20.8 Å². The van der Waals surface area contributed by atoms with Crippen LogP contribution in [-0.2, 0) is 9.59 Å². The van der Waals surface area contributed by atoms with E-state index in [9.17, 15) is 19.7 Å². The first-order valence-corrected chi connectivity index (χ1v) is 6.58. The smallest absolute Gasteiger partial charge is 0.269 e. The van der Waals surface area contributed by atoms with E-state index in [1.54, 1.807) is 0 Å². The zero-order valence-corrected chi connectivity index (χ0v) is 12.1. The number of carbonyl (C=O) groups excluding carboxylic acids is 2. The number of nitro benzene ring substituents is 1. The lowest BCUT2D eigenvalue weighted by Gasteiger charge is -2.24. The molecule has 0 bridgehead atoms. The van der Waals surface area contributed by atoms with Crippen LogP contribution in [0.4, 0.5) is 11.4 Å². The van der Waals surface area contributed by atoms with E-state index in [0.717, 1.165) is 4.90 Å². The standard InChI is InChI=1S/C14H17N3O4/c1-14(2,3)15-11-8-12(18)16(13(11)19)9-4-6-10(7-5-9)17(20)21/h4-7,11,15H,8H2,1-3H3/t11-/m0/s1. The lowest BCUT2D eigenvalue weighted by molar-refractivity contribution is -0.384. The number of nitrogens with zero attached hydrogens (tertiary/aromatic N) is 2. The second-order valence-corrected chi connectivity index (χ2v) is 5.99. The number of nitro groups is 1. The van der Waals surface area contributed by atoms with Crippen molar-refractivity contribution < 1.29 is 14.5 Å². The molecule has 112 valence electrons. The average molecular weight is 291 g/mol. The van der Waals surface area contributed by atoms with Crippen LogP contribution < -0.4 is 10.2 Å². The first-order valence-electron chi connectivity index (χ1n) is 6.58. The fourth-order valence-corrected chi connectivity index (χ4v) is 2.26. The third-order valence-electron chi connectivity index (χ3n) is 3.07. The van der Waals surface area contributed by atoms with Crippen LogP contribution in [0.25, 0.3) is 0 Å². The normalized spacial score (nSPS) is 19.2. The van der Waals surface area contributed by atoms with Gasteiger partial charge in [0.05, 0.1) is 23.1 Å². The van der Waals surface area contributed by atoms with Crippen molar-refractivity contribution >= 4 is 23.2 Å². The van der Waals surface area contributed by atoms with E-state index in [1.165, 1.54) is 24.3 Å². The van der Waals surface area contributed by atoms with Crippen LogP contribution >= 0.6 is 0 Å². The Morgan fingerprint density at radius 2 is 1.81 bits per heavy atom. The summed E-state index contributed by atoms with van der Waals surface area (Å²) < 4.78 is 0. The minimum absolute atomic E-state index is 0.0813. The molecule has 1 N–H and O–H groups in total. The molecule has 1 aromatic rings. The Hall–Kier alpha value is -2.28. The van der Waals surface area contributed by atoms with Gasteiger partial charge in [-0.15, -0.1) is 0 Å². The van der Waals surface area contributed by atoms with Crippen LogP contribution in [0, 0.1) is 10.1 Å². The molecular formula is C14H17N3O4. The van der Waals surface area contributed by atoms with E-state index in [0.29, 0.717) is 5.69 Å². The second-order valence-electron chi connectivity index (χ2n) is 5.99. The Morgan fingerprint density at radius 1 is 1.24 bits per heavy atom. The number of rotatable bonds is 3. The van der Waals surface area contributed by atoms with Crippen LogP contribution in [0.5, 0.6) is 0 Å². The first kappa shape index (κ1) is 15.1. The molecule has 0 aromatic heterocycles. The van der Waals surface area contributed by atoms with Gasteiger partial charge in [-0.05, 0) is 32.9 Å². The molecule has 2 amide bonds. The van der Waals surface area contributed by atoms with E-state index >= 15 is 0 Å². The van der Waals surface area contributed by atoms with Crippen molar-refractivity contribution in [2.75, 3.05) is 4.90 Å². The summed E-state index contributed by atoms with van der Waals surface area (Å²) in [5, 5.41) is 13.7. The average Bonchev–Trinajstić information content (AvgIpc) is 2.62. The predicted molar refractivity (Wildman–Crippen MR) is 76.9 cm³/mol. The van der Waals surface area contributed by atoms with Gasteiger partial charge in [-0.2, -0.15) is 0 Å². The maximum atomic E-state index is 12.3. The van der Waals surface area contributed by atoms with Crippen LogP contribution in [-0.4, -0.2) is 28.3 Å².